The number of fused-ring (bicyclic) bond motifs is 3. The van der Waals surface area contributed by atoms with Gasteiger partial charge in [0.05, 0.1) is 31.4 Å². The van der Waals surface area contributed by atoms with Crippen LogP contribution in [0.5, 0.6) is 11.5 Å². The highest BCUT2D eigenvalue weighted by Gasteiger charge is 2.42. The Morgan fingerprint density at radius 1 is 1.01 bits per heavy atom. The van der Waals surface area contributed by atoms with Crippen LogP contribution in [-0.4, -0.2) is 111 Å². The predicted octanol–water partition coefficient (Wildman–Crippen LogP) is 5.07. The fraction of sp³-hybridized carbons (Fsp3) is 0.531. The van der Waals surface area contributed by atoms with Crippen LogP contribution >= 0.6 is 0 Å². The van der Waals surface area contributed by atoms with Crippen LogP contribution in [-0.2, 0) is 32.1 Å². The first kappa shape index (κ1) is 50.1. The van der Waals surface area contributed by atoms with Gasteiger partial charge < -0.3 is 46.3 Å². The highest BCUT2D eigenvalue weighted by Crippen LogP contribution is 2.32. The molecule has 4 heterocycles. The lowest BCUT2D eigenvalue weighted by Gasteiger charge is -2.40. The molecule has 0 aliphatic carbocycles. The number of amides is 5. The number of carbonyl (C=O) groups excluding carboxylic acids is 5. The lowest BCUT2D eigenvalue weighted by Crippen LogP contribution is -2.61. The van der Waals surface area contributed by atoms with Gasteiger partial charge in [0.25, 0.3) is 5.91 Å². The summed E-state index contributed by atoms with van der Waals surface area (Å²) in [4.78, 5) is 74.1. The number of primary amides is 1. The second kappa shape index (κ2) is 22.5. The SMILES string of the molecule is CN[C@H](C)C(=O)N[C@@H](C(=O)N1Cc2cc(OCCCCCCCCC(=O)NCCN3C[C@H](C)Oc4ccc(F)cc4C(C)Nc4ccn5ncc(c5n4)C3=O)ccc2C[C@@H]1C(N)=O)C(C)(C)C. The quantitative estimate of drug-likeness (QED) is 0.0832. The van der Waals surface area contributed by atoms with Crippen molar-refractivity contribution in [2.75, 3.05) is 38.6 Å². The van der Waals surface area contributed by atoms with Crippen LogP contribution < -0.4 is 36.5 Å². The summed E-state index contributed by atoms with van der Waals surface area (Å²) in [5, 5.41) is 16.4. The molecule has 67 heavy (non-hydrogen) atoms. The lowest BCUT2D eigenvalue weighted by atomic mass is 9.84. The van der Waals surface area contributed by atoms with E-state index >= 15 is 0 Å². The maximum atomic E-state index is 14.4. The van der Waals surface area contributed by atoms with Crippen molar-refractivity contribution in [2.45, 2.75) is 130 Å². The average molecular weight is 927 g/mol. The fourth-order valence-electron chi connectivity index (χ4n) is 8.43. The molecule has 18 heteroatoms. The monoisotopic (exact) mass is 927 g/mol. The van der Waals surface area contributed by atoms with E-state index in [0.717, 1.165) is 49.7 Å². The van der Waals surface area contributed by atoms with E-state index in [-0.39, 0.29) is 62.3 Å². The number of benzene rings is 2. The van der Waals surface area contributed by atoms with Crippen LogP contribution in [0.2, 0.25) is 0 Å². The van der Waals surface area contributed by atoms with Gasteiger partial charge in [0.2, 0.25) is 23.6 Å². The molecule has 2 aliphatic rings. The molecule has 17 nitrogen and oxygen atoms in total. The van der Waals surface area contributed by atoms with E-state index in [4.69, 9.17) is 15.2 Å². The van der Waals surface area contributed by atoms with Gasteiger partial charge in [-0.05, 0) is 93.6 Å². The number of nitrogens with one attached hydrogen (secondary N) is 4. The summed E-state index contributed by atoms with van der Waals surface area (Å²) in [5.74, 6) is -0.383. The number of ether oxygens (including phenoxy) is 2. The minimum Gasteiger partial charge on any atom is -0.494 e. The van der Waals surface area contributed by atoms with E-state index in [9.17, 15) is 28.4 Å². The van der Waals surface area contributed by atoms with Crippen LogP contribution in [0.3, 0.4) is 0 Å². The number of anilines is 1. The largest absolute Gasteiger partial charge is 0.494 e. The van der Waals surface area contributed by atoms with Crippen LogP contribution in [0.15, 0.2) is 54.9 Å². The normalized spacial score (nSPS) is 18.3. The maximum Gasteiger partial charge on any atom is 0.259 e. The summed E-state index contributed by atoms with van der Waals surface area (Å²) in [6.45, 7) is 12.4. The van der Waals surface area contributed by atoms with Crippen molar-refractivity contribution in [3.8, 4) is 11.5 Å². The molecule has 1 unspecified atom stereocenters. The third-order valence-electron chi connectivity index (χ3n) is 12.4. The third-order valence-corrected chi connectivity index (χ3v) is 12.4. The van der Waals surface area contributed by atoms with Gasteiger partial charge in [-0.25, -0.2) is 13.9 Å². The number of rotatable bonds is 18. The van der Waals surface area contributed by atoms with Crippen LogP contribution in [0.25, 0.3) is 5.65 Å². The summed E-state index contributed by atoms with van der Waals surface area (Å²) in [5.41, 5.74) is 8.28. The molecule has 0 fully saturated rings. The molecule has 0 saturated heterocycles. The molecular weight excluding hydrogens is 860 g/mol. The summed E-state index contributed by atoms with van der Waals surface area (Å²) >= 11 is 0. The number of likely N-dealkylation sites (N-methyl/N-ethyl adjacent to an activating group) is 1. The summed E-state index contributed by atoms with van der Waals surface area (Å²) in [6, 6.07) is 9.23. The van der Waals surface area contributed by atoms with Gasteiger partial charge >= 0.3 is 0 Å². The number of halogens is 1. The molecule has 2 aromatic carbocycles. The van der Waals surface area contributed by atoms with Crippen molar-refractivity contribution in [2.24, 2.45) is 11.1 Å². The molecule has 2 bridgehead atoms. The van der Waals surface area contributed by atoms with E-state index in [1.807, 2.05) is 52.8 Å². The molecule has 6 rings (SSSR count). The molecule has 6 N–H and O–H groups in total. The van der Waals surface area contributed by atoms with Crippen molar-refractivity contribution in [1.29, 1.82) is 0 Å². The zero-order valence-electron chi connectivity index (χ0n) is 39.8. The van der Waals surface area contributed by atoms with Gasteiger partial charge in [-0.15, -0.1) is 0 Å². The first-order valence-corrected chi connectivity index (χ1v) is 23.4. The van der Waals surface area contributed by atoms with Gasteiger partial charge in [0.1, 0.15) is 46.9 Å². The van der Waals surface area contributed by atoms with E-state index in [1.54, 1.807) is 37.2 Å². The molecule has 4 aromatic rings. The van der Waals surface area contributed by atoms with E-state index in [1.165, 1.54) is 27.7 Å². The Bertz CT molecular complexity index is 2400. The van der Waals surface area contributed by atoms with E-state index in [0.29, 0.717) is 47.1 Å². The Kier molecular flexibility index (Phi) is 16.8. The van der Waals surface area contributed by atoms with Crippen molar-refractivity contribution < 1.29 is 37.8 Å². The van der Waals surface area contributed by atoms with Gasteiger partial charge in [-0.2, -0.15) is 5.10 Å². The number of carbonyl (C=O) groups is 5. The van der Waals surface area contributed by atoms with Crippen molar-refractivity contribution in [3.63, 3.8) is 0 Å². The molecule has 5 amide bonds. The smallest absolute Gasteiger partial charge is 0.259 e. The molecule has 5 atom stereocenters. The number of hydrogen-bond acceptors (Lipinski definition) is 11. The number of nitrogens with zero attached hydrogens (tertiary/aromatic N) is 5. The molecule has 0 saturated carbocycles. The van der Waals surface area contributed by atoms with E-state index < -0.39 is 41.4 Å². The number of hydrogen-bond donors (Lipinski definition) is 5. The second-order valence-corrected chi connectivity index (χ2v) is 18.8. The summed E-state index contributed by atoms with van der Waals surface area (Å²) in [6.07, 6.45) is 8.79. The Balaban J connectivity index is 0.923. The molecule has 2 aromatic heterocycles. The predicted molar refractivity (Wildman–Crippen MR) is 252 cm³/mol. The second-order valence-electron chi connectivity index (χ2n) is 18.8. The van der Waals surface area contributed by atoms with Crippen LogP contribution in [0, 0.1) is 11.2 Å². The summed E-state index contributed by atoms with van der Waals surface area (Å²) in [7, 11) is 1.67. The Labute approximate surface area is 392 Å². The third kappa shape index (κ3) is 13.0. The minimum absolute atomic E-state index is 0.0862. The number of nitrogens with two attached hydrogens (primary N) is 1. The Hall–Kier alpha value is -6.30. The standard InChI is InChI=1S/C49H67FN10O7/c1-30-28-58(47(64)38-27-54-60-21-19-41(56-45(38)60)55-31(2)37-26-35(50)16-18-40(37)67-30)22-20-53-42(61)14-12-10-8-9-11-13-23-66-36-17-15-33-25-39(44(51)62)59(29-34(33)24-36)48(65)43(49(4,5)6)57-46(63)32(3)52-7/h15-19,21,24,26-27,30-32,39,43,52H,8-14,20,22-23,25,28-29H2,1-7H3,(H2,51,62)(H,53,61)(H,55,56)(H,57,63)/t30-,31?,32+,39+,43-/m0/s1. The molecule has 362 valence electrons. The fourth-order valence-corrected chi connectivity index (χ4v) is 8.43. The molecule has 0 spiro atoms. The van der Waals surface area contributed by atoms with Crippen LogP contribution in [0.1, 0.15) is 120 Å². The topological polar surface area (TPSA) is 215 Å². The number of unbranched alkanes of at least 4 members (excludes halogenated alkanes) is 5. The van der Waals surface area contributed by atoms with Crippen molar-refractivity contribution >= 4 is 41.0 Å². The zero-order valence-corrected chi connectivity index (χ0v) is 39.8. The minimum atomic E-state index is -0.874. The van der Waals surface area contributed by atoms with Crippen molar-refractivity contribution in [1.82, 2.24) is 40.3 Å². The maximum absolute atomic E-state index is 14.4. The lowest BCUT2D eigenvalue weighted by molar-refractivity contribution is -0.146. The molecule has 0 radical (unpaired) electrons. The highest BCUT2D eigenvalue weighted by molar-refractivity contribution is 6.00. The van der Waals surface area contributed by atoms with Gasteiger partial charge in [-0.3, -0.25) is 24.0 Å². The summed E-state index contributed by atoms with van der Waals surface area (Å²) < 4.78 is 28.3. The molecular formula is C49H67FN10O7. The van der Waals surface area contributed by atoms with Gasteiger partial charge in [0, 0.05) is 44.2 Å². The zero-order chi connectivity index (χ0) is 48.4. The highest BCUT2D eigenvalue weighted by atomic mass is 19.1. The first-order valence-electron chi connectivity index (χ1n) is 23.4. The Morgan fingerprint density at radius 3 is 2.49 bits per heavy atom. The van der Waals surface area contributed by atoms with Gasteiger partial charge in [0.15, 0.2) is 5.65 Å². The van der Waals surface area contributed by atoms with Crippen LogP contribution in [0.4, 0.5) is 10.2 Å². The van der Waals surface area contributed by atoms with Gasteiger partial charge in [-0.1, -0.05) is 52.5 Å². The van der Waals surface area contributed by atoms with Crippen molar-refractivity contribution in [3.05, 3.63) is 82.9 Å². The Morgan fingerprint density at radius 2 is 1.76 bits per heavy atom. The van der Waals surface area contributed by atoms with E-state index in [2.05, 4.69) is 31.3 Å². The molecule has 2 aliphatic heterocycles. The number of aromatic nitrogens is 3. The first-order chi connectivity index (χ1) is 31.9. The average Bonchev–Trinajstić information content (AvgIpc) is 3.71.